The normalized spacial score (nSPS) is 17.5. The topological polar surface area (TPSA) is 39.1 Å². The number of nitrogens with zero attached hydrogens (tertiary/aromatic N) is 2. The Labute approximate surface area is 90.6 Å². The highest BCUT2D eigenvalue weighted by atomic mass is 16.7. The molecule has 0 spiro atoms. The summed E-state index contributed by atoms with van der Waals surface area (Å²) < 4.78 is 1.88. The van der Waals surface area contributed by atoms with E-state index in [0.717, 1.165) is 6.54 Å². The summed E-state index contributed by atoms with van der Waals surface area (Å²) in [7, 11) is 1.96. The highest BCUT2D eigenvalue weighted by Crippen LogP contribution is 2.20. The predicted molar refractivity (Wildman–Crippen MR) is 58.1 cm³/mol. The van der Waals surface area contributed by atoms with E-state index in [1.54, 1.807) is 0 Å². The summed E-state index contributed by atoms with van der Waals surface area (Å²) in [4.78, 5) is 5.58. The average molecular weight is 209 g/mol. The summed E-state index contributed by atoms with van der Waals surface area (Å²) in [5, 5.41) is 4.19. The number of nitrogens with one attached hydrogen (secondary N) is 1. The Morgan fingerprint density at radius 1 is 1.53 bits per heavy atom. The van der Waals surface area contributed by atoms with Gasteiger partial charge in [0, 0.05) is 24.8 Å². The minimum Gasteiger partial charge on any atom is -0.298 e. The van der Waals surface area contributed by atoms with Gasteiger partial charge in [-0.1, -0.05) is 12.8 Å². The zero-order chi connectivity index (χ0) is 10.7. The van der Waals surface area contributed by atoms with Crippen LogP contribution in [0.3, 0.4) is 0 Å². The second kappa shape index (κ2) is 4.77. The molecule has 1 fully saturated rings. The van der Waals surface area contributed by atoms with E-state index >= 15 is 0 Å². The van der Waals surface area contributed by atoms with Gasteiger partial charge in [0.2, 0.25) is 0 Å². The monoisotopic (exact) mass is 209 g/mol. The highest BCUT2D eigenvalue weighted by molar-refractivity contribution is 5.14. The van der Waals surface area contributed by atoms with Crippen LogP contribution in [0.2, 0.25) is 0 Å². The molecule has 0 aromatic carbocycles. The molecule has 0 aliphatic heterocycles. The van der Waals surface area contributed by atoms with E-state index in [1.165, 1.54) is 36.9 Å². The van der Waals surface area contributed by atoms with Gasteiger partial charge in [0.1, 0.15) is 0 Å². The van der Waals surface area contributed by atoms with Crippen LogP contribution in [0, 0.1) is 6.92 Å². The maximum Gasteiger partial charge on any atom is 0.0790 e. The van der Waals surface area contributed by atoms with Crippen LogP contribution in [0.15, 0.2) is 6.20 Å². The van der Waals surface area contributed by atoms with Gasteiger partial charge in [0.25, 0.3) is 0 Å². The van der Waals surface area contributed by atoms with Crippen molar-refractivity contribution < 1.29 is 4.84 Å². The molecule has 15 heavy (non-hydrogen) atoms. The van der Waals surface area contributed by atoms with Crippen molar-refractivity contribution in [3.63, 3.8) is 0 Å². The van der Waals surface area contributed by atoms with Crippen molar-refractivity contribution in [1.29, 1.82) is 0 Å². The number of rotatable bonds is 4. The third-order valence-corrected chi connectivity index (χ3v) is 3.15. The first-order valence-corrected chi connectivity index (χ1v) is 5.63. The molecule has 1 N–H and O–H groups in total. The van der Waals surface area contributed by atoms with Crippen LogP contribution in [-0.2, 0) is 18.4 Å². The Bertz CT molecular complexity index is 316. The summed E-state index contributed by atoms with van der Waals surface area (Å²) in [6, 6.07) is 0. The third kappa shape index (κ3) is 2.58. The third-order valence-electron chi connectivity index (χ3n) is 3.15. The van der Waals surface area contributed by atoms with Crippen LogP contribution in [0.4, 0.5) is 0 Å². The zero-order valence-electron chi connectivity index (χ0n) is 9.49. The molecule has 1 saturated carbocycles. The molecule has 1 aliphatic carbocycles. The van der Waals surface area contributed by atoms with Crippen LogP contribution in [0.5, 0.6) is 0 Å². The van der Waals surface area contributed by atoms with Gasteiger partial charge in [0.15, 0.2) is 0 Å². The van der Waals surface area contributed by atoms with Crippen molar-refractivity contribution in [2.24, 2.45) is 7.05 Å². The lowest BCUT2D eigenvalue weighted by molar-refractivity contribution is -0.0244. The maximum atomic E-state index is 5.58. The van der Waals surface area contributed by atoms with E-state index in [4.69, 9.17) is 4.84 Å². The number of aromatic nitrogens is 2. The fraction of sp³-hybridized carbons (Fsp3) is 0.727. The quantitative estimate of drug-likeness (QED) is 0.767. The van der Waals surface area contributed by atoms with Crippen molar-refractivity contribution in [3.8, 4) is 0 Å². The SMILES string of the molecule is Cc1c(CNOC2CCCC2)cnn1C. The molecule has 4 heteroatoms. The lowest BCUT2D eigenvalue weighted by atomic mass is 10.3. The Kier molecular flexibility index (Phi) is 3.38. The first kappa shape index (κ1) is 10.6. The summed E-state index contributed by atoms with van der Waals surface area (Å²) in [5.41, 5.74) is 5.44. The molecule has 1 heterocycles. The van der Waals surface area contributed by atoms with Crippen LogP contribution in [-0.4, -0.2) is 15.9 Å². The number of hydrogen-bond acceptors (Lipinski definition) is 3. The molecule has 0 saturated heterocycles. The molecule has 1 aromatic heterocycles. The van der Waals surface area contributed by atoms with Gasteiger partial charge in [-0.25, -0.2) is 0 Å². The van der Waals surface area contributed by atoms with Crippen molar-refractivity contribution in [3.05, 3.63) is 17.5 Å². The van der Waals surface area contributed by atoms with Crippen LogP contribution in [0.25, 0.3) is 0 Å². The van der Waals surface area contributed by atoms with Crippen LogP contribution >= 0.6 is 0 Å². The van der Waals surface area contributed by atoms with E-state index < -0.39 is 0 Å². The van der Waals surface area contributed by atoms with Gasteiger partial charge >= 0.3 is 0 Å². The highest BCUT2D eigenvalue weighted by Gasteiger charge is 2.15. The largest absolute Gasteiger partial charge is 0.298 e. The van der Waals surface area contributed by atoms with Gasteiger partial charge in [-0.3, -0.25) is 9.52 Å². The molecule has 1 aromatic rings. The minimum absolute atomic E-state index is 0.418. The number of aryl methyl sites for hydroxylation is 1. The van der Waals surface area contributed by atoms with Crippen LogP contribution < -0.4 is 5.48 Å². The fourth-order valence-electron chi connectivity index (χ4n) is 1.96. The Hall–Kier alpha value is -0.870. The van der Waals surface area contributed by atoms with E-state index in [1.807, 2.05) is 17.9 Å². The Morgan fingerprint density at radius 3 is 2.87 bits per heavy atom. The Balaban J connectivity index is 1.75. The number of hydroxylamine groups is 1. The summed E-state index contributed by atoms with van der Waals surface area (Å²) in [5.74, 6) is 0. The standard InChI is InChI=1S/C11H19N3O/c1-9-10(7-12-14(9)2)8-13-15-11-5-3-4-6-11/h7,11,13H,3-6,8H2,1-2H3. The lowest BCUT2D eigenvalue weighted by Crippen LogP contribution is -2.21. The van der Waals surface area contributed by atoms with Gasteiger partial charge in [-0.15, -0.1) is 0 Å². The first-order chi connectivity index (χ1) is 7.27. The molecule has 0 radical (unpaired) electrons. The molecule has 0 unspecified atom stereocenters. The van der Waals surface area contributed by atoms with Gasteiger partial charge in [-0.2, -0.15) is 10.6 Å². The van der Waals surface area contributed by atoms with E-state index in [9.17, 15) is 0 Å². The number of hydrogen-bond donors (Lipinski definition) is 1. The van der Waals surface area contributed by atoms with Gasteiger partial charge in [-0.05, 0) is 19.8 Å². The molecule has 84 valence electrons. The molecule has 0 amide bonds. The molecule has 0 bridgehead atoms. The predicted octanol–water partition coefficient (Wildman–Crippen LogP) is 1.69. The van der Waals surface area contributed by atoms with Gasteiger partial charge < -0.3 is 0 Å². The van der Waals surface area contributed by atoms with Crippen molar-refractivity contribution in [1.82, 2.24) is 15.3 Å². The van der Waals surface area contributed by atoms with E-state index in [-0.39, 0.29) is 0 Å². The molecule has 4 nitrogen and oxygen atoms in total. The lowest BCUT2D eigenvalue weighted by Gasteiger charge is -2.11. The van der Waals surface area contributed by atoms with Crippen LogP contribution in [0.1, 0.15) is 36.9 Å². The second-order valence-corrected chi connectivity index (χ2v) is 4.22. The Morgan fingerprint density at radius 2 is 2.27 bits per heavy atom. The van der Waals surface area contributed by atoms with Crippen molar-refractivity contribution >= 4 is 0 Å². The smallest absolute Gasteiger partial charge is 0.0790 e. The summed E-state index contributed by atoms with van der Waals surface area (Å²) in [6.07, 6.45) is 7.30. The average Bonchev–Trinajstić information content (AvgIpc) is 2.83. The molecule has 2 rings (SSSR count). The molecule has 0 atom stereocenters. The van der Waals surface area contributed by atoms with Gasteiger partial charge in [0.05, 0.1) is 12.3 Å². The summed E-state index contributed by atoms with van der Waals surface area (Å²) >= 11 is 0. The zero-order valence-corrected chi connectivity index (χ0v) is 9.49. The van der Waals surface area contributed by atoms with Crippen molar-refractivity contribution in [2.75, 3.05) is 0 Å². The molecular formula is C11H19N3O. The fourth-order valence-corrected chi connectivity index (χ4v) is 1.96. The molecule has 1 aliphatic rings. The van der Waals surface area contributed by atoms with E-state index in [2.05, 4.69) is 17.5 Å². The first-order valence-electron chi connectivity index (χ1n) is 5.63. The maximum absolute atomic E-state index is 5.58. The molecular weight excluding hydrogens is 190 g/mol. The minimum atomic E-state index is 0.418. The summed E-state index contributed by atoms with van der Waals surface area (Å²) in [6.45, 7) is 2.82. The van der Waals surface area contributed by atoms with E-state index in [0.29, 0.717) is 6.10 Å². The second-order valence-electron chi connectivity index (χ2n) is 4.22. The van der Waals surface area contributed by atoms with Crippen molar-refractivity contribution in [2.45, 2.75) is 45.3 Å².